The summed E-state index contributed by atoms with van der Waals surface area (Å²) in [5.41, 5.74) is 0.832. The summed E-state index contributed by atoms with van der Waals surface area (Å²) in [6.07, 6.45) is 1.70. The summed E-state index contributed by atoms with van der Waals surface area (Å²) in [5, 5.41) is 6.90. The molecule has 1 aromatic heterocycles. The van der Waals surface area contributed by atoms with Gasteiger partial charge in [0.25, 0.3) is 0 Å². The van der Waals surface area contributed by atoms with Gasteiger partial charge in [0.2, 0.25) is 5.95 Å². The van der Waals surface area contributed by atoms with Gasteiger partial charge in [-0.1, -0.05) is 11.6 Å². The third-order valence-electron chi connectivity index (χ3n) is 2.18. The summed E-state index contributed by atoms with van der Waals surface area (Å²) in [5.74, 6) is 1.31. The maximum absolute atomic E-state index is 6.15. The van der Waals surface area contributed by atoms with Crippen molar-refractivity contribution < 1.29 is 0 Å². The molecule has 4 nitrogen and oxygen atoms in total. The molecule has 2 aromatic rings. The van der Waals surface area contributed by atoms with Crippen LogP contribution in [-0.2, 0) is 0 Å². The van der Waals surface area contributed by atoms with Crippen LogP contribution in [0.5, 0.6) is 0 Å². The average Bonchev–Trinajstić information content (AvgIpc) is 2.34. The van der Waals surface area contributed by atoms with Gasteiger partial charge in [0.05, 0.1) is 10.7 Å². The van der Waals surface area contributed by atoms with Gasteiger partial charge < -0.3 is 10.6 Å². The van der Waals surface area contributed by atoms with Crippen LogP contribution in [0.4, 0.5) is 17.5 Å². The average molecular weight is 375 g/mol. The molecule has 0 amide bonds. The first kappa shape index (κ1) is 13.4. The zero-order valence-corrected chi connectivity index (χ0v) is 12.7. The molecular formula is C12H12ClIN4. The lowest BCUT2D eigenvalue weighted by Gasteiger charge is -2.09. The van der Waals surface area contributed by atoms with E-state index in [1.54, 1.807) is 12.3 Å². The van der Waals surface area contributed by atoms with Crippen LogP contribution in [0.15, 0.2) is 30.5 Å². The van der Waals surface area contributed by atoms with E-state index >= 15 is 0 Å². The van der Waals surface area contributed by atoms with E-state index in [0.717, 1.165) is 15.8 Å². The van der Waals surface area contributed by atoms with Crippen molar-refractivity contribution in [2.75, 3.05) is 17.2 Å². The van der Waals surface area contributed by atoms with E-state index in [9.17, 15) is 0 Å². The van der Waals surface area contributed by atoms with E-state index in [1.165, 1.54) is 0 Å². The van der Waals surface area contributed by atoms with Crippen LogP contribution < -0.4 is 10.6 Å². The third kappa shape index (κ3) is 3.46. The highest BCUT2D eigenvalue weighted by Gasteiger charge is 2.03. The number of anilines is 3. The van der Waals surface area contributed by atoms with Crippen molar-refractivity contribution in [3.8, 4) is 0 Å². The number of benzene rings is 1. The lowest BCUT2D eigenvalue weighted by molar-refractivity contribution is 1.09. The highest BCUT2D eigenvalue weighted by Crippen LogP contribution is 2.26. The Morgan fingerprint density at radius 1 is 1.33 bits per heavy atom. The maximum Gasteiger partial charge on any atom is 0.224 e. The highest BCUT2D eigenvalue weighted by atomic mass is 127. The van der Waals surface area contributed by atoms with Gasteiger partial charge in [0.15, 0.2) is 0 Å². The molecule has 0 aliphatic carbocycles. The molecule has 6 heteroatoms. The van der Waals surface area contributed by atoms with Gasteiger partial charge in [-0.2, -0.15) is 4.98 Å². The second-order valence-corrected chi connectivity index (χ2v) is 5.20. The fourth-order valence-electron chi connectivity index (χ4n) is 1.40. The second-order valence-electron chi connectivity index (χ2n) is 3.54. The largest absolute Gasteiger partial charge is 0.354 e. The molecule has 2 rings (SSSR count). The van der Waals surface area contributed by atoms with Crippen LogP contribution in [0.25, 0.3) is 0 Å². The van der Waals surface area contributed by atoms with Crippen LogP contribution in [0.1, 0.15) is 6.92 Å². The summed E-state index contributed by atoms with van der Waals surface area (Å²) >= 11 is 8.38. The van der Waals surface area contributed by atoms with Crippen molar-refractivity contribution in [1.82, 2.24) is 9.97 Å². The van der Waals surface area contributed by atoms with Crippen LogP contribution in [0.3, 0.4) is 0 Å². The molecular weight excluding hydrogens is 363 g/mol. The minimum Gasteiger partial charge on any atom is -0.354 e. The number of hydrogen-bond donors (Lipinski definition) is 2. The molecule has 0 saturated carbocycles. The molecule has 0 bridgehead atoms. The Morgan fingerprint density at radius 3 is 2.89 bits per heavy atom. The molecule has 0 saturated heterocycles. The first-order valence-corrected chi connectivity index (χ1v) is 6.93. The Hall–Kier alpha value is -1.08. The summed E-state index contributed by atoms with van der Waals surface area (Å²) < 4.78 is 1.10. The molecule has 18 heavy (non-hydrogen) atoms. The third-order valence-corrected chi connectivity index (χ3v) is 3.17. The van der Waals surface area contributed by atoms with E-state index < -0.39 is 0 Å². The molecule has 0 aliphatic heterocycles. The van der Waals surface area contributed by atoms with Crippen molar-refractivity contribution in [2.45, 2.75) is 6.92 Å². The van der Waals surface area contributed by atoms with Gasteiger partial charge in [-0.3, -0.25) is 0 Å². The van der Waals surface area contributed by atoms with E-state index in [-0.39, 0.29) is 0 Å². The SMILES string of the molecule is CCNc1nccc(Nc2ccc(I)cc2Cl)n1. The minimum absolute atomic E-state index is 0.601. The zero-order chi connectivity index (χ0) is 13.0. The first-order chi connectivity index (χ1) is 8.69. The van der Waals surface area contributed by atoms with Gasteiger partial charge in [0, 0.05) is 16.3 Å². The molecule has 0 radical (unpaired) electrons. The quantitative estimate of drug-likeness (QED) is 0.797. The smallest absolute Gasteiger partial charge is 0.224 e. The molecule has 0 aliphatic rings. The lowest BCUT2D eigenvalue weighted by atomic mass is 10.3. The van der Waals surface area contributed by atoms with Crippen LogP contribution >= 0.6 is 34.2 Å². The van der Waals surface area contributed by atoms with E-state index in [2.05, 4.69) is 43.2 Å². The minimum atomic E-state index is 0.601. The Morgan fingerprint density at radius 2 is 2.17 bits per heavy atom. The molecule has 94 valence electrons. The van der Waals surface area contributed by atoms with E-state index in [0.29, 0.717) is 16.8 Å². The first-order valence-electron chi connectivity index (χ1n) is 5.48. The molecule has 0 atom stereocenters. The fourth-order valence-corrected chi connectivity index (χ4v) is 2.30. The van der Waals surface area contributed by atoms with E-state index in [1.807, 2.05) is 25.1 Å². The molecule has 1 heterocycles. The summed E-state index contributed by atoms with van der Waals surface area (Å²) in [4.78, 5) is 8.44. The fraction of sp³-hybridized carbons (Fsp3) is 0.167. The Kier molecular flexibility index (Phi) is 4.60. The number of nitrogens with one attached hydrogen (secondary N) is 2. The van der Waals surface area contributed by atoms with Crippen molar-refractivity contribution in [3.05, 3.63) is 39.1 Å². The Balaban J connectivity index is 2.20. The zero-order valence-electron chi connectivity index (χ0n) is 9.74. The van der Waals surface area contributed by atoms with Crippen LogP contribution in [0, 0.1) is 3.57 Å². The number of halogens is 2. The number of rotatable bonds is 4. The van der Waals surface area contributed by atoms with Crippen molar-refractivity contribution in [1.29, 1.82) is 0 Å². The van der Waals surface area contributed by atoms with E-state index in [4.69, 9.17) is 11.6 Å². The standard InChI is InChI=1S/C12H12ClIN4/c1-2-15-12-16-6-5-11(18-12)17-10-4-3-8(14)7-9(10)13/h3-7H,2H2,1H3,(H2,15,16,17,18). The van der Waals surface area contributed by atoms with Gasteiger partial charge in [-0.25, -0.2) is 4.98 Å². The topological polar surface area (TPSA) is 49.8 Å². The lowest BCUT2D eigenvalue weighted by Crippen LogP contribution is -2.03. The van der Waals surface area contributed by atoms with Crippen molar-refractivity contribution in [2.24, 2.45) is 0 Å². The molecule has 0 spiro atoms. The normalized spacial score (nSPS) is 10.2. The van der Waals surface area contributed by atoms with Crippen molar-refractivity contribution in [3.63, 3.8) is 0 Å². The van der Waals surface area contributed by atoms with Crippen LogP contribution in [0.2, 0.25) is 5.02 Å². The highest BCUT2D eigenvalue weighted by molar-refractivity contribution is 14.1. The summed E-state index contributed by atoms with van der Waals surface area (Å²) in [6.45, 7) is 2.78. The molecule has 0 unspecified atom stereocenters. The predicted molar refractivity (Wildman–Crippen MR) is 83.6 cm³/mol. The number of aromatic nitrogens is 2. The van der Waals surface area contributed by atoms with Gasteiger partial charge in [0.1, 0.15) is 5.82 Å². The number of hydrogen-bond acceptors (Lipinski definition) is 4. The molecule has 0 fully saturated rings. The monoisotopic (exact) mass is 374 g/mol. The predicted octanol–water partition coefficient (Wildman–Crippen LogP) is 3.91. The maximum atomic E-state index is 6.15. The van der Waals surface area contributed by atoms with Crippen LogP contribution in [-0.4, -0.2) is 16.5 Å². The van der Waals surface area contributed by atoms with Crippen molar-refractivity contribution >= 4 is 51.6 Å². The second kappa shape index (κ2) is 6.19. The van der Waals surface area contributed by atoms with Gasteiger partial charge in [-0.15, -0.1) is 0 Å². The van der Waals surface area contributed by atoms with Gasteiger partial charge in [-0.05, 0) is 53.8 Å². The number of nitrogens with zero attached hydrogens (tertiary/aromatic N) is 2. The summed E-state index contributed by atoms with van der Waals surface area (Å²) in [6, 6.07) is 7.62. The Bertz CT molecular complexity index is 547. The molecule has 1 aromatic carbocycles. The molecule has 2 N–H and O–H groups in total. The Labute approximate surface area is 124 Å². The summed E-state index contributed by atoms with van der Waals surface area (Å²) in [7, 11) is 0. The van der Waals surface area contributed by atoms with Gasteiger partial charge >= 0.3 is 0 Å².